The normalized spacial score (nSPS) is 15.7. The summed E-state index contributed by atoms with van der Waals surface area (Å²) in [5.41, 5.74) is 5.03. The molecule has 1 aliphatic heterocycles. The summed E-state index contributed by atoms with van der Waals surface area (Å²) in [4.78, 5) is 31.5. The second-order valence-electron chi connectivity index (χ2n) is 8.57. The monoisotopic (exact) mass is 462 g/mol. The number of nitrogens with zero attached hydrogens (tertiary/aromatic N) is 2. The standard InChI is InChI=1S/C30H26N2O3/c1-2-35-30(34)24-18-29(33)32(20-24)28-19-25(23-11-7-4-8-12-23)26-17-22(15-16-27(26)31-28)14-13-21-9-5-3-6-10-21/h3-17,19,24H,2,18,20H2,1H3/b14-13+. The molecule has 0 saturated carbocycles. The lowest BCUT2D eigenvalue weighted by molar-refractivity contribution is -0.147. The number of ether oxygens (including phenoxy) is 1. The highest BCUT2D eigenvalue weighted by molar-refractivity contribution is 6.03. The van der Waals surface area contributed by atoms with Gasteiger partial charge in [-0.2, -0.15) is 0 Å². The van der Waals surface area contributed by atoms with Crippen LogP contribution in [0.25, 0.3) is 34.2 Å². The summed E-state index contributed by atoms with van der Waals surface area (Å²) in [6, 6.07) is 28.4. The van der Waals surface area contributed by atoms with Crippen molar-refractivity contribution in [1.29, 1.82) is 0 Å². The van der Waals surface area contributed by atoms with Gasteiger partial charge in [-0.15, -0.1) is 0 Å². The molecule has 1 amide bonds. The Morgan fingerprint density at radius 1 is 0.971 bits per heavy atom. The first-order valence-corrected chi connectivity index (χ1v) is 11.8. The van der Waals surface area contributed by atoms with Gasteiger partial charge in [-0.1, -0.05) is 78.9 Å². The molecule has 3 aromatic carbocycles. The minimum absolute atomic E-state index is 0.115. The first kappa shape index (κ1) is 22.5. The molecule has 1 saturated heterocycles. The molecule has 5 nitrogen and oxygen atoms in total. The largest absolute Gasteiger partial charge is 0.466 e. The number of pyridine rings is 1. The van der Waals surface area contributed by atoms with Gasteiger partial charge in [-0.3, -0.25) is 14.5 Å². The number of amides is 1. The summed E-state index contributed by atoms with van der Waals surface area (Å²) < 4.78 is 5.15. The summed E-state index contributed by atoms with van der Waals surface area (Å²) in [6.45, 7) is 2.35. The van der Waals surface area contributed by atoms with Crippen molar-refractivity contribution in [2.75, 3.05) is 18.1 Å². The number of esters is 1. The second-order valence-corrected chi connectivity index (χ2v) is 8.57. The van der Waals surface area contributed by atoms with Crippen LogP contribution in [-0.2, 0) is 14.3 Å². The predicted molar refractivity (Wildman–Crippen MR) is 140 cm³/mol. The summed E-state index contributed by atoms with van der Waals surface area (Å²) in [6.07, 6.45) is 4.32. The van der Waals surface area contributed by atoms with Crippen molar-refractivity contribution in [1.82, 2.24) is 4.98 Å². The highest BCUT2D eigenvalue weighted by Crippen LogP contribution is 2.34. The lowest BCUT2D eigenvalue weighted by Crippen LogP contribution is -2.27. The molecule has 2 heterocycles. The van der Waals surface area contributed by atoms with Crippen molar-refractivity contribution in [3.05, 3.63) is 96.1 Å². The van der Waals surface area contributed by atoms with E-state index in [-0.39, 0.29) is 24.8 Å². The predicted octanol–water partition coefficient (Wildman–Crippen LogP) is 5.99. The maximum atomic E-state index is 12.8. The number of hydrogen-bond donors (Lipinski definition) is 0. The summed E-state index contributed by atoms with van der Waals surface area (Å²) >= 11 is 0. The third kappa shape index (κ3) is 4.85. The second kappa shape index (κ2) is 9.94. The van der Waals surface area contributed by atoms with Crippen LogP contribution in [0.1, 0.15) is 24.5 Å². The van der Waals surface area contributed by atoms with E-state index in [1.807, 2.05) is 54.6 Å². The summed E-state index contributed by atoms with van der Waals surface area (Å²) in [5.74, 6) is -0.357. The van der Waals surface area contributed by atoms with E-state index in [2.05, 4.69) is 42.5 Å². The zero-order valence-electron chi connectivity index (χ0n) is 19.6. The fourth-order valence-electron chi connectivity index (χ4n) is 4.43. The smallest absolute Gasteiger partial charge is 0.311 e. The van der Waals surface area contributed by atoms with Gasteiger partial charge in [-0.25, -0.2) is 4.98 Å². The Morgan fingerprint density at radius 3 is 2.43 bits per heavy atom. The molecule has 0 aliphatic carbocycles. The molecular formula is C30H26N2O3. The molecule has 0 bridgehead atoms. The molecule has 0 spiro atoms. The Labute approximate surface area is 204 Å². The van der Waals surface area contributed by atoms with Crippen LogP contribution >= 0.6 is 0 Å². The molecule has 35 heavy (non-hydrogen) atoms. The number of hydrogen-bond acceptors (Lipinski definition) is 4. The molecule has 1 aliphatic rings. The minimum atomic E-state index is -0.467. The molecule has 5 heteroatoms. The van der Waals surface area contributed by atoms with Crippen LogP contribution < -0.4 is 4.90 Å². The van der Waals surface area contributed by atoms with Gasteiger partial charge in [0.15, 0.2) is 0 Å². The molecule has 4 aromatic rings. The van der Waals surface area contributed by atoms with E-state index >= 15 is 0 Å². The van der Waals surface area contributed by atoms with Crippen molar-refractivity contribution >= 4 is 40.7 Å². The average molecular weight is 463 g/mol. The van der Waals surface area contributed by atoms with Crippen molar-refractivity contribution in [2.45, 2.75) is 13.3 Å². The lowest BCUT2D eigenvalue weighted by Gasteiger charge is -2.18. The number of rotatable bonds is 6. The van der Waals surface area contributed by atoms with Gasteiger partial charge in [0.1, 0.15) is 5.82 Å². The number of benzene rings is 3. The fourth-order valence-corrected chi connectivity index (χ4v) is 4.43. The van der Waals surface area contributed by atoms with Gasteiger partial charge >= 0.3 is 5.97 Å². The van der Waals surface area contributed by atoms with Gasteiger partial charge in [0, 0.05) is 18.4 Å². The topological polar surface area (TPSA) is 59.5 Å². The first-order valence-electron chi connectivity index (χ1n) is 11.8. The lowest BCUT2D eigenvalue weighted by atomic mass is 9.99. The van der Waals surface area contributed by atoms with Gasteiger partial charge in [0.05, 0.1) is 18.0 Å². The Bertz CT molecular complexity index is 1400. The molecule has 5 rings (SSSR count). The van der Waals surface area contributed by atoms with Crippen LogP contribution in [-0.4, -0.2) is 30.0 Å². The highest BCUT2D eigenvalue weighted by atomic mass is 16.5. The van der Waals surface area contributed by atoms with Crippen LogP contribution in [0.2, 0.25) is 0 Å². The van der Waals surface area contributed by atoms with Crippen molar-refractivity contribution < 1.29 is 14.3 Å². The minimum Gasteiger partial charge on any atom is -0.466 e. The molecule has 0 N–H and O–H groups in total. The number of anilines is 1. The van der Waals surface area contributed by atoms with Gasteiger partial charge in [0.25, 0.3) is 0 Å². The Hall–Kier alpha value is -4.25. The van der Waals surface area contributed by atoms with E-state index in [0.717, 1.165) is 33.2 Å². The molecule has 174 valence electrons. The maximum absolute atomic E-state index is 12.8. The quantitative estimate of drug-likeness (QED) is 0.261. The molecule has 1 unspecified atom stereocenters. The Kier molecular flexibility index (Phi) is 6.40. The van der Waals surface area contributed by atoms with Crippen LogP contribution in [0.3, 0.4) is 0 Å². The Balaban J connectivity index is 1.56. The number of carbonyl (C=O) groups excluding carboxylic acids is 2. The number of carbonyl (C=O) groups is 2. The van der Waals surface area contributed by atoms with Crippen LogP contribution in [0.4, 0.5) is 5.82 Å². The van der Waals surface area contributed by atoms with Gasteiger partial charge in [-0.05, 0) is 47.4 Å². The van der Waals surface area contributed by atoms with E-state index in [4.69, 9.17) is 9.72 Å². The molecular weight excluding hydrogens is 436 g/mol. The van der Waals surface area contributed by atoms with Crippen LogP contribution in [0, 0.1) is 5.92 Å². The van der Waals surface area contributed by atoms with E-state index in [0.29, 0.717) is 12.4 Å². The van der Waals surface area contributed by atoms with Crippen LogP contribution in [0.15, 0.2) is 84.9 Å². The fraction of sp³-hybridized carbons (Fsp3) is 0.167. The SMILES string of the molecule is CCOC(=O)C1CC(=O)N(c2cc(-c3ccccc3)c3cc(/C=C/c4ccccc4)ccc3n2)C1. The average Bonchev–Trinajstić information content (AvgIpc) is 3.30. The molecule has 1 fully saturated rings. The summed E-state index contributed by atoms with van der Waals surface area (Å²) in [5, 5.41) is 1.00. The molecule has 1 aromatic heterocycles. The Morgan fingerprint density at radius 2 is 1.69 bits per heavy atom. The van der Waals surface area contributed by atoms with Crippen LogP contribution in [0.5, 0.6) is 0 Å². The van der Waals surface area contributed by atoms with Gasteiger partial charge in [0.2, 0.25) is 5.91 Å². The molecule has 1 atom stereocenters. The van der Waals surface area contributed by atoms with Crippen molar-refractivity contribution in [3.63, 3.8) is 0 Å². The van der Waals surface area contributed by atoms with Gasteiger partial charge < -0.3 is 4.74 Å². The van der Waals surface area contributed by atoms with Crippen molar-refractivity contribution in [2.24, 2.45) is 5.92 Å². The summed E-state index contributed by atoms with van der Waals surface area (Å²) in [7, 11) is 0. The van der Waals surface area contributed by atoms with E-state index in [1.165, 1.54) is 0 Å². The number of aromatic nitrogens is 1. The third-order valence-electron chi connectivity index (χ3n) is 6.19. The first-order chi connectivity index (χ1) is 17.1. The van der Waals surface area contributed by atoms with E-state index in [1.54, 1.807) is 11.8 Å². The maximum Gasteiger partial charge on any atom is 0.311 e. The third-order valence-corrected chi connectivity index (χ3v) is 6.19. The zero-order valence-corrected chi connectivity index (χ0v) is 19.6. The van der Waals surface area contributed by atoms with E-state index < -0.39 is 5.92 Å². The number of fused-ring (bicyclic) bond motifs is 1. The highest BCUT2D eigenvalue weighted by Gasteiger charge is 2.37. The van der Waals surface area contributed by atoms with Crippen molar-refractivity contribution in [3.8, 4) is 11.1 Å². The molecule has 0 radical (unpaired) electrons. The zero-order chi connectivity index (χ0) is 24.2. The van der Waals surface area contributed by atoms with E-state index in [9.17, 15) is 9.59 Å².